The maximum absolute atomic E-state index is 5.22. The van der Waals surface area contributed by atoms with Crippen molar-refractivity contribution in [2.45, 2.75) is 12.8 Å². The van der Waals surface area contributed by atoms with Crippen LogP contribution in [0.4, 0.5) is 0 Å². The molecule has 0 fully saturated rings. The molecule has 0 spiro atoms. The summed E-state index contributed by atoms with van der Waals surface area (Å²) in [6, 6.07) is 172. The molecule has 21 aromatic carbocycles. The molecule has 0 unspecified atom stereocenters. The van der Waals surface area contributed by atoms with E-state index in [1.165, 1.54) is 137 Å². The van der Waals surface area contributed by atoms with Gasteiger partial charge in [-0.25, -0.2) is 9.97 Å². The van der Waals surface area contributed by atoms with Crippen molar-refractivity contribution in [3.8, 4) is 102 Å². The Kier molecular flexibility index (Phi) is 19.8. The summed E-state index contributed by atoms with van der Waals surface area (Å²) < 4.78 is 14.4. The predicted octanol–water partition coefficient (Wildman–Crippen LogP) is 33.3. The average molecular weight is 1840 g/mol. The Morgan fingerprint density at radius 2 is 0.486 bits per heavy atom. The molecule has 12 nitrogen and oxygen atoms in total. The number of aryl methyl sites for hydroxylation is 1. The molecule has 144 heavy (non-hydrogen) atoms. The molecule has 0 atom stereocenters. The van der Waals surface area contributed by atoms with E-state index in [-0.39, 0.29) is 0 Å². The third-order valence-electron chi connectivity index (χ3n) is 28.8. The zero-order valence-electron chi connectivity index (χ0n) is 78.1. The second-order valence-electron chi connectivity index (χ2n) is 37.0. The Labute approximate surface area is 827 Å². The Morgan fingerprint density at radius 1 is 0.174 bits per heavy atom. The summed E-state index contributed by atoms with van der Waals surface area (Å²) in [7, 11) is 0. The molecule has 30 rings (SSSR count). The van der Waals surface area contributed by atoms with E-state index in [0.717, 1.165) is 107 Å². The molecule has 674 valence electrons. The summed E-state index contributed by atoms with van der Waals surface area (Å²) in [6.07, 6.45) is 6.69. The first-order valence-electron chi connectivity index (χ1n) is 49.1. The topological polar surface area (TPSA) is 107 Å². The minimum atomic E-state index is 0.580. The Balaban J connectivity index is 0.000000105. The summed E-state index contributed by atoms with van der Waals surface area (Å²) in [6.45, 7) is 0. The minimum Gasteiger partial charge on any atom is -0.309 e. The van der Waals surface area contributed by atoms with Crippen molar-refractivity contribution in [2.24, 2.45) is 0 Å². The first kappa shape index (κ1) is 82.9. The smallest absolute Gasteiger partial charge is 0.238 e. The van der Waals surface area contributed by atoms with Crippen LogP contribution in [0.25, 0.3) is 261 Å². The lowest BCUT2D eigenvalue weighted by molar-refractivity contribution is 0.953. The van der Waals surface area contributed by atoms with Crippen LogP contribution in [0, 0.1) is 0 Å². The highest BCUT2D eigenvalue weighted by Gasteiger charge is 2.31. The lowest BCUT2D eigenvalue weighted by atomic mass is 9.97. The fraction of sp³-hybridized carbons (Fsp3) is 0.0152. The summed E-state index contributed by atoms with van der Waals surface area (Å²) in [5, 5.41) is 20.8. The van der Waals surface area contributed by atoms with Gasteiger partial charge in [0.05, 0.1) is 60.7 Å². The van der Waals surface area contributed by atoms with Crippen LogP contribution in [-0.2, 0) is 6.42 Å². The number of benzene rings is 21. The van der Waals surface area contributed by atoms with Gasteiger partial charge in [-0.2, -0.15) is 19.9 Å². The average Bonchev–Trinajstić information content (AvgIpc) is 1.52. The van der Waals surface area contributed by atoms with Gasteiger partial charge in [0, 0.05) is 121 Å². The maximum atomic E-state index is 5.22. The van der Waals surface area contributed by atoms with Crippen LogP contribution in [0.3, 0.4) is 0 Å². The molecule has 0 aliphatic heterocycles. The van der Waals surface area contributed by atoms with E-state index in [4.69, 9.17) is 29.9 Å². The minimum absolute atomic E-state index is 0.580. The third kappa shape index (κ3) is 13.6. The lowest BCUT2D eigenvalue weighted by Crippen LogP contribution is -2.07. The summed E-state index contributed by atoms with van der Waals surface area (Å²) in [5.74, 6) is 3.73. The van der Waals surface area contributed by atoms with E-state index in [1.54, 1.807) is 0 Å². The molecule has 0 radical (unpaired) electrons. The van der Waals surface area contributed by atoms with Gasteiger partial charge in [-0.05, 0) is 153 Å². The monoisotopic (exact) mass is 1840 g/mol. The van der Waals surface area contributed by atoms with Crippen molar-refractivity contribution < 1.29 is 0 Å². The molecule has 8 aromatic heterocycles. The van der Waals surface area contributed by atoms with Crippen molar-refractivity contribution in [3.05, 3.63) is 503 Å². The fourth-order valence-electron chi connectivity index (χ4n) is 22.6. The normalized spacial score (nSPS) is 12.1. The first-order valence-corrected chi connectivity index (χ1v) is 49.1. The molecular weight excluding hydrogens is 1750 g/mol. The van der Waals surface area contributed by atoms with Crippen LogP contribution in [0.1, 0.15) is 17.7 Å². The quantitative estimate of drug-likeness (QED) is 0.121. The van der Waals surface area contributed by atoms with Gasteiger partial charge in [0.15, 0.2) is 23.3 Å². The van der Waals surface area contributed by atoms with Crippen LogP contribution >= 0.6 is 0 Å². The van der Waals surface area contributed by atoms with Crippen molar-refractivity contribution in [1.29, 1.82) is 0 Å². The van der Waals surface area contributed by atoms with E-state index in [0.29, 0.717) is 35.2 Å². The molecule has 8 heterocycles. The summed E-state index contributed by atoms with van der Waals surface area (Å²) >= 11 is 0. The highest BCUT2D eigenvalue weighted by atomic mass is 15.2. The molecular formula is C132H86N12. The molecule has 0 N–H and O–H groups in total. The molecule has 12 heteroatoms. The first-order chi connectivity index (χ1) is 71.5. The van der Waals surface area contributed by atoms with E-state index < -0.39 is 0 Å². The van der Waals surface area contributed by atoms with Crippen molar-refractivity contribution in [3.63, 3.8) is 0 Å². The Bertz CT molecular complexity index is 9970. The van der Waals surface area contributed by atoms with Gasteiger partial charge in [0.2, 0.25) is 11.9 Å². The van der Waals surface area contributed by atoms with Gasteiger partial charge in [0.1, 0.15) is 0 Å². The van der Waals surface area contributed by atoms with Crippen molar-refractivity contribution in [2.75, 3.05) is 0 Å². The number of para-hydroxylation sites is 7. The Hall–Kier alpha value is -19.3. The number of nitrogens with zero attached hydrogens (tertiary/aromatic N) is 12. The highest BCUT2D eigenvalue weighted by Crippen LogP contribution is 2.51. The van der Waals surface area contributed by atoms with E-state index in [2.05, 4.69) is 452 Å². The number of aromatic nitrogens is 12. The zero-order valence-corrected chi connectivity index (χ0v) is 78.1. The summed E-state index contributed by atoms with van der Waals surface area (Å²) in [4.78, 5) is 30.8. The van der Waals surface area contributed by atoms with Crippen LogP contribution < -0.4 is 0 Å². The number of rotatable bonds is 12. The second-order valence-corrected chi connectivity index (χ2v) is 37.0. The van der Waals surface area contributed by atoms with E-state index in [9.17, 15) is 0 Å². The van der Waals surface area contributed by atoms with Gasteiger partial charge in [0.25, 0.3) is 0 Å². The second kappa shape index (κ2) is 34.4. The molecule has 29 aromatic rings. The van der Waals surface area contributed by atoms with E-state index in [1.807, 2.05) is 72.8 Å². The van der Waals surface area contributed by atoms with E-state index >= 15 is 0 Å². The highest BCUT2D eigenvalue weighted by molar-refractivity contribution is 6.37. The number of fused-ring (bicyclic) bond motifs is 28. The number of hydrogen-bond acceptors (Lipinski definition) is 6. The number of allylic oxidation sites excluding steroid dienone is 1. The Morgan fingerprint density at radius 3 is 0.931 bits per heavy atom. The van der Waals surface area contributed by atoms with Gasteiger partial charge < -0.3 is 18.3 Å². The fourth-order valence-corrected chi connectivity index (χ4v) is 22.6. The SMILES string of the molecule is C1=Cc2c(c3ccc4c(ccc5c6ccccc6n(-c6nc(-c7ccccc7)nc(-c7ccccc7)n6)c45)c3n2-c2ccccc2)CC1.c1ccc(-c2cc(-c3ccccc3)cc(-n3c4ccccc4c4c5ccccc5c5c6ccccc6n(-c6ccccc6)c5c43)c2)cc1.c1ccc(-c2nc(-c3ccccc3)nc(-n3c4ccccc4c4ccc5c6c7ccccc7ccc6n(-c6ccccc6)c5c43)n2)cc1. The maximum Gasteiger partial charge on any atom is 0.238 e. The molecule has 0 saturated heterocycles. The molecule has 0 amide bonds. The van der Waals surface area contributed by atoms with Crippen LogP contribution in [-0.4, -0.2) is 57.3 Å². The molecule has 0 saturated carbocycles. The molecule has 1 aliphatic rings. The van der Waals surface area contributed by atoms with Gasteiger partial charge >= 0.3 is 0 Å². The largest absolute Gasteiger partial charge is 0.309 e. The van der Waals surface area contributed by atoms with Crippen molar-refractivity contribution >= 4 is 158 Å². The lowest BCUT2D eigenvalue weighted by Gasteiger charge is -2.16. The third-order valence-corrected chi connectivity index (χ3v) is 28.8. The van der Waals surface area contributed by atoms with Gasteiger partial charge in [-0.15, -0.1) is 0 Å². The predicted molar refractivity (Wildman–Crippen MR) is 597 cm³/mol. The van der Waals surface area contributed by atoms with Crippen molar-refractivity contribution in [1.82, 2.24) is 57.3 Å². The standard InChI is InChI=1S/C46H30N2.C43H29N5.C43H27N5/c1-4-16-31(17-5-1)33-28-34(32-18-6-2-7-19-32)30-36(29-33)48-42-27-15-13-25-40(42)44-38-23-11-10-22-37(38)43-39-24-12-14-26-41(39)47(45(43)46(44)48)35-20-8-3-9-21-35;1-4-14-28(15-5-1)41-44-42(29-16-6-2-7-17-29)46-43(45-41)48-38-23-13-11-21-32(38)34-25-26-35-36(40(34)48)27-24-33-31-20-10-12-22-37(31)47(39(33)35)30-18-8-3-9-19-30;1-4-15-29(16-5-1)41-44-42(30-17-6-2-7-18-30)46-43(45-41)48-36-23-13-12-22-33(36)34-25-26-35-38-32-21-11-10-14-28(32)24-27-37(38)47(40(35)39(34)48)31-19-8-3-9-20-31/h1-30H;1-9,11-19,21-27H,10,20H2;1-27H. The molecule has 1 aliphatic carbocycles. The molecule has 0 bridgehead atoms. The summed E-state index contributed by atoms with van der Waals surface area (Å²) in [5.41, 5.74) is 28.4. The van der Waals surface area contributed by atoms with Crippen LogP contribution in [0.15, 0.2) is 491 Å². The number of hydrogen-bond donors (Lipinski definition) is 0. The van der Waals surface area contributed by atoms with Crippen LogP contribution in [0.2, 0.25) is 0 Å². The van der Waals surface area contributed by atoms with Gasteiger partial charge in [-0.1, -0.05) is 406 Å². The van der Waals surface area contributed by atoms with Gasteiger partial charge in [-0.3, -0.25) is 9.13 Å². The zero-order chi connectivity index (χ0) is 94.8. The van der Waals surface area contributed by atoms with Crippen LogP contribution in [0.5, 0.6) is 0 Å².